The van der Waals surface area contributed by atoms with Crippen molar-refractivity contribution < 1.29 is 5.11 Å². The molecule has 1 nitrogen and oxygen atoms in total. The predicted octanol–water partition coefficient (Wildman–Crippen LogP) is 4.52. The molecule has 0 aliphatic heterocycles. The lowest BCUT2D eigenvalue weighted by molar-refractivity contribution is 0.341. The molecule has 2 aromatic rings. The van der Waals surface area contributed by atoms with E-state index >= 15 is 0 Å². The molecule has 21 heavy (non-hydrogen) atoms. The Labute approximate surface area is 127 Å². The smallest absolute Gasteiger partial charge is 0.0612 e. The molecule has 0 aliphatic rings. The van der Waals surface area contributed by atoms with Crippen molar-refractivity contribution >= 4 is 10.8 Å². The van der Waals surface area contributed by atoms with Gasteiger partial charge in [0.1, 0.15) is 0 Å². The maximum absolute atomic E-state index is 9.01. The third-order valence-electron chi connectivity index (χ3n) is 3.85. The van der Waals surface area contributed by atoms with Crippen LogP contribution in [0.15, 0.2) is 54.6 Å². The highest BCUT2D eigenvalue weighted by Gasteiger charge is 2.18. The fourth-order valence-electron chi connectivity index (χ4n) is 2.81. The molecule has 0 aliphatic carbocycles. The van der Waals surface area contributed by atoms with Crippen molar-refractivity contribution in [3.8, 4) is 12.3 Å². The van der Waals surface area contributed by atoms with Crippen LogP contribution in [0.2, 0.25) is 0 Å². The highest BCUT2D eigenvalue weighted by Crippen LogP contribution is 2.31. The summed E-state index contributed by atoms with van der Waals surface area (Å²) >= 11 is 0. The van der Waals surface area contributed by atoms with Crippen molar-refractivity contribution in [2.24, 2.45) is 5.92 Å². The minimum atomic E-state index is 0.0531. The van der Waals surface area contributed by atoms with Gasteiger partial charge in [-0.1, -0.05) is 67.8 Å². The molecule has 2 unspecified atom stereocenters. The number of fused-ring (bicyclic) bond motifs is 1. The van der Waals surface area contributed by atoms with Crippen LogP contribution >= 0.6 is 0 Å². The molecule has 108 valence electrons. The molecule has 2 atom stereocenters. The first-order valence-corrected chi connectivity index (χ1v) is 7.52. The van der Waals surface area contributed by atoms with Crippen LogP contribution in [-0.4, -0.2) is 11.7 Å². The predicted molar refractivity (Wildman–Crippen MR) is 90.1 cm³/mol. The Morgan fingerprint density at radius 3 is 2.62 bits per heavy atom. The van der Waals surface area contributed by atoms with E-state index < -0.39 is 0 Å². The highest BCUT2D eigenvalue weighted by molar-refractivity contribution is 5.83. The third kappa shape index (κ3) is 3.74. The number of terminal acetylenes is 1. The van der Waals surface area contributed by atoms with Gasteiger partial charge in [0.25, 0.3) is 0 Å². The Kier molecular flexibility index (Phi) is 5.60. The van der Waals surface area contributed by atoms with E-state index in [4.69, 9.17) is 11.5 Å². The SMILES string of the molecule is C#CC(c1ccc2ccccc2c1)C(/C=C/CO)CCC. The van der Waals surface area contributed by atoms with Gasteiger partial charge in [-0.3, -0.25) is 0 Å². The zero-order valence-corrected chi connectivity index (χ0v) is 12.5. The zero-order chi connectivity index (χ0) is 15.1. The molecule has 0 saturated carbocycles. The van der Waals surface area contributed by atoms with Gasteiger partial charge in [0.15, 0.2) is 0 Å². The number of aliphatic hydroxyl groups is 1. The Bertz CT molecular complexity index is 648. The maximum Gasteiger partial charge on any atom is 0.0612 e. The van der Waals surface area contributed by atoms with Crippen molar-refractivity contribution in [2.45, 2.75) is 25.7 Å². The summed E-state index contributed by atoms with van der Waals surface area (Å²) in [6, 6.07) is 14.8. The summed E-state index contributed by atoms with van der Waals surface area (Å²) in [6.45, 7) is 2.23. The number of benzene rings is 2. The number of hydrogen-bond acceptors (Lipinski definition) is 1. The van der Waals surface area contributed by atoms with Crippen molar-refractivity contribution in [2.75, 3.05) is 6.61 Å². The van der Waals surface area contributed by atoms with Crippen molar-refractivity contribution in [3.63, 3.8) is 0 Å². The largest absolute Gasteiger partial charge is 0.392 e. The molecule has 0 fully saturated rings. The zero-order valence-electron chi connectivity index (χ0n) is 12.5. The summed E-state index contributed by atoms with van der Waals surface area (Å²) in [5.41, 5.74) is 1.18. The van der Waals surface area contributed by atoms with Gasteiger partial charge >= 0.3 is 0 Å². The van der Waals surface area contributed by atoms with E-state index in [1.54, 1.807) is 6.08 Å². The second kappa shape index (κ2) is 7.67. The number of rotatable bonds is 6. The lowest BCUT2D eigenvalue weighted by atomic mass is 9.83. The monoisotopic (exact) mass is 278 g/mol. The normalized spacial score (nSPS) is 14.1. The second-order valence-corrected chi connectivity index (χ2v) is 5.31. The van der Waals surface area contributed by atoms with E-state index in [1.165, 1.54) is 16.3 Å². The topological polar surface area (TPSA) is 20.2 Å². The molecule has 2 aromatic carbocycles. The van der Waals surface area contributed by atoms with Crippen molar-refractivity contribution in [1.82, 2.24) is 0 Å². The summed E-state index contributed by atoms with van der Waals surface area (Å²) in [5.74, 6) is 3.27. The van der Waals surface area contributed by atoms with Gasteiger partial charge in [-0.25, -0.2) is 0 Å². The van der Waals surface area contributed by atoms with Crippen LogP contribution in [0.3, 0.4) is 0 Å². The number of aliphatic hydroxyl groups excluding tert-OH is 1. The standard InChI is InChI=1S/C20H22O/c1-3-8-17(11-7-14-21)20(4-2)19-13-12-16-9-5-6-10-18(16)15-19/h2,5-7,9-13,15,17,20-21H,3,8,14H2,1H3/b11-7+. The van der Waals surface area contributed by atoms with Crippen LogP contribution in [0.1, 0.15) is 31.2 Å². The number of hydrogen-bond donors (Lipinski definition) is 1. The fourth-order valence-corrected chi connectivity index (χ4v) is 2.81. The molecule has 1 N–H and O–H groups in total. The van der Waals surface area contributed by atoms with Gasteiger partial charge in [-0.05, 0) is 34.7 Å². The summed E-state index contributed by atoms with van der Waals surface area (Å²) in [5, 5.41) is 11.5. The first-order chi connectivity index (χ1) is 10.3. The first-order valence-electron chi connectivity index (χ1n) is 7.52. The molecule has 0 aromatic heterocycles. The van der Waals surface area contributed by atoms with Gasteiger partial charge in [0.2, 0.25) is 0 Å². The third-order valence-corrected chi connectivity index (χ3v) is 3.85. The van der Waals surface area contributed by atoms with E-state index in [-0.39, 0.29) is 18.4 Å². The Morgan fingerprint density at radius 2 is 1.95 bits per heavy atom. The highest BCUT2D eigenvalue weighted by atomic mass is 16.2. The molecular weight excluding hydrogens is 256 g/mol. The second-order valence-electron chi connectivity index (χ2n) is 5.31. The van der Waals surface area contributed by atoms with E-state index in [0.717, 1.165) is 12.8 Å². The van der Waals surface area contributed by atoms with E-state index in [2.05, 4.69) is 49.3 Å². The summed E-state index contributed by atoms with van der Waals surface area (Å²) in [7, 11) is 0. The van der Waals surface area contributed by atoms with Crippen LogP contribution in [0.4, 0.5) is 0 Å². The van der Waals surface area contributed by atoms with Gasteiger partial charge in [0, 0.05) is 0 Å². The van der Waals surface area contributed by atoms with Crippen LogP contribution in [0.25, 0.3) is 10.8 Å². The molecule has 0 bridgehead atoms. The first kappa shape index (κ1) is 15.4. The van der Waals surface area contributed by atoms with E-state index in [0.29, 0.717) is 0 Å². The van der Waals surface area contributed by atoms with Gasteiger partial charge < -0.3 is 5.11 Å². The van der Waals surface area contributed by atoms with E-state index in [9.17, 15) is 0 Å². The van der Waals surface area contributed by atoms with Crippen LogP contribution in [0, 0.1) is 18.3 Å². The Hall–Kier alpha value is -2.04. The minimum absolute atomic E-state index is 0.0531. The maximum atomic E-state index is 9.01. The molecule has 1 heteroatoms. The lowest BCUT2D eigenvalue weighted by Gasteiger charge is -2.20. The van der Waals surface area contributed by atoms with Crippen LogP contribution < -0.4 is 0 Å². The van der Waals surface area contributed by atoms with Gasteiger partial charge in [-0.2, -0.15) is 0 Å². The lowest BCUT2D eigenvalue weighted by Crippen LogP contribution is -2.09. The number of allylic oxidation sites excluding steroid dienone is 1. The molecule has 0 saturated heterocycles. The molecule has 2 rings (SSSR count). The van der Waals surface area contributed by atoms with Crippen LogP contribution in [-0.2, 0) is 0 Å². The van der Waals surface area contributed by atoms with Gasteiger partial charge in [0.05, 0.1) is 12.5 Å². The summed E-state index contributed by atoms with van der Waals surface area (Å²) in [6.07, 6.45) is 11.8. The Balaban J connectivity index is 2.37. The van der Waals surface area contributed by atoms with E-state index in [1.807, 2.05) is 12.1 Å². The fraction of sp³-hybridized carbons (Fsp3) is 0.300. The average Bonchev–Trinajstić information content (AvgIpc) is 2.53. The van der Waals surface area contributed by atoms with Crippen molar-refractivity contribution in [1.29, 1.82) is 0 Å². The average molecular weight is 278 g/mol. The van der Waals surface area contributed by atoms with Crippen LogP contribution in [0.5, 0.6) is 0 Å². The van der Waals surface area contributed by atoms with Gasteiger partial charge in [-0.15, -0.1) is 6.42 Å². The minimum Gasteiger partial charge on any atom is -0.392 e. The molecule has 0 amide bonds. The summed E-state index contributed by atoms with van der Waals surface area (Å²) < 4.78 is 0. The quantitative estimate of drug-likeness (QED) is 0.608. The molecular formula is C20H22O. The molecule has 0 radical (unpaired) electrons. The molecule has 0 heterocycles. The summed E-state index contributed by atoms with van der Waals surface area (Å²) in [4.78, 5) is 0. The molecule has 0 spiro atoms. The van der Waals surface area contributed by atoms with Crippen molar-refractivity contribution in [3.05, 3.63) is 60.2 Å². The Morgan fingerprint density at radius 1 is 1.19 bits per heavy atom.